The quantitative estimate of drug-likeness (QED) is 0.141. The van der Waals surface area contributed by atoms with Gasteiger partial charge in [-0.05, 0) is 86.3 Å². The number of rotatable bonds is 12. The molecule has 2 aromatic heterocycles. The molecule has 0 radical (unpaired) electrons. The summed E-state index contributed by atoms with van der Waals surface area (Å²) in [7, 11) is -10.8. The first-order chi connectivity index (χ1) is 23.0. The summed E-state index contributed by atoms with van der Waals surface area (Å²) in [5, 5.41) is 0.0344. The van der Waals surface area contributed by atoms with Gasteiger partial charge < -0.3 is 18.4 Å². The second-order valence-electron chi connectivity index (χ2n) is 18.9. The smallest absolute Gasteiger partial charge is 0.250 e. The summed E-state index contributed by atoms with van der Waals surface area (Å²) >= 11 is 1.51. The molecule has 1 fully saturated rings. The third-order valence-electron chi connectivity index (χ3n) is 12.1. The average molecular weight is 794 g/mol. The Hall–Kier alpha value is -1.53. The second-order valence-corrected chi connectivity index (χ2v) is 35.9. The van der Waals surface area contributed by atoms with Gasteiger partial charge in [-0.1, -0.05) is 67.5 Å². The number of hydrogen-bond acceptors (Lipinski definition) is 10. The number of hydrogen-bond donors (Lipinski definition) is 1. The molecular weight excluding hydrogens is 731 g/mol. The predicted octanol–water partition coefficient (Wildman–Crippen LogP) is 9.63. The SMILES string of the molecule is Cc1nc(S(C)(=O)=O)nc(O[C@@H]2C[C@H](CO[Si](C)(C)C(C)(C)C)[C@@H](O[Si](C)(C)C(C)(C)C)[C@H]2CC(C)(C)[Si](C)(C)O)c1-c1nc2ccccc2s1. The minimum atomic E-state index is -3.75. The molecule has 286 valence electrons. The molecule has 1 aromatic carbocycles. The minimum absolute atomic E-state index is 0.0192. The van der Waals surface area contributed by atoms with Crippen molar-refractivity contribution in [3.8, 4) is 16.5 Å². The highest BCUT2D eigenvalue weighted by Gasteiger charge is 2.54. The van der Waals surface area contributed by atoms with Gasteiger partial charge in [-0.3, -0.25) is 0 Å². The van der Waals surface area contributed by atoms with Crippen LogP contribution >= 0.6 is 11.3 Å². The van der Waals surface area contributed by atoms with Crippen LogP contribution in [0.5, 0.6) is 5.88 Å². The first kappa shape index (κ1) is 42.2. The number of aromatic nitrogens is 3. The normalized spacial score (nSPS) is 21.4. The Bertz CT molecular complexity index is 1790. The molecule has 1 aliphatic rings. The van der Waals surface area contributed by atoms with Gasteiger partial charge in [-0.15, -0.1) is 11.3 Å². The van der Waals surface area contributed by atoms with E-state index in [0.29, 0.717) is 35.7 Å². The van der Waals surface area contributed by atoms with Gasteiger partial charge in [-0.2, -0.15) is 4.98 Å². The van der Waals surface area contributed by atoms with Gasteiger partial charge >= 0.3 is 0 Å². The van der Waals surface area contributed by atoms with Crippen molar-refractivity contribution in [2.45, 2.75) is 147 Å². The molecule has 3 aromatic rings. The number of thiazole rings is 1. The third-order valence-corrected chi connectivity index (χ3v) is 26.5. The van der Waals surface area contributed by atoms with E-state index in [9.17, 15) is 13.2 Å². The Morgan fingerprint density at radius 1 is 0.902 bits per heavy atom. The minimum Gasteiger partial charge on any atom is -0.473 e. The van der Waals surface area contributed by atoms with Crippen LogP contribution in [0.2, 0.25) is 54.4 Å². The summed E-state index contributed by atoms with van der Waals surface area (Å²) in [5.74, 6) is 0.110. The Labute approximate surface area is 314 Å². The van der Waals surface area contributed by atoms with Crippen molar-refractivity contribution in [2.24, 2.45) is 11.8 Å². The number of sulfone groups is 1. The van der Waals surface area contributed by atoms with Crippen molar-refractivity contribution in [1.82, 2.24) is 15.0 Å². The third kappa shape index (κ3) is 9.23. The lowest BCUT2D eigenvalue weighted by Gasteiger charge is -2.44. The predicted molar refractivity (Wildman–Crippen MR) is 218 cm³/mol. The van der Waals surface area contributed by atoms with Crippen LogP contribution in [0.25, 0.3) is 20.8 Å². The number of nitrogens with zero attached hydrogens (tertiary/aromatic N) is 3. The zero-order valence-corrected chi connectivity index (χ0v) is 38.5. The Morgan fingerprint density at radius 2 is 1.49 bits per heavy atom. The molecule has 51 heavy (non-hydrogen) atoms. The zero-order chi connectivity index (χ0) is 38.8. The zero-order valence-electron chi connectivity index (χ0n) is 33.9. The van der Waals surface area contributed by atoms with Crippen molar-refractivity contribution in [1.29, 1.82) is 0 Å². The van der Waals surface area contributed by atoms with Gasteiger partial charge in [0.15, 0.2) is 25.0 Å². The maximum Gasteiger partial charge on any atom is 0.250 e. The highest BCUT2D eigenvalue weighted by molar-refractivity contribution is 7.90. The Morgan fingerprint density at radius 3 is 2.02 bits per heavy atom. The molecule has 9 nitrogen and oxygen atoms in total. The van der Waals surface area contributed by atoms with Crippen LogP contribution in [0.15, 0.2) is 29.4 Å². The molecule has 4 rings (SSSR count). The summed E-state index contributed by atoms with van der Waals surface area (Å²) in [4.78, 5) is 25.6. The molecule has 1 aliphatic carbocycles. The van der Waals surface area contributed by atoms with Gasteiger partial charge in [0.05, 0.1) is 27.6 Å². The fourth-order valence-electron chi connectivity index (χ4n) is 5.93. The lowest BCUT2D eigenvalue weighted by molar-refractivity contribution is 0.0456. The van der Waals surface area contributed by atoms with Crippen LogP contribution in [-0.2, 0) is 18.7 Å². The summed E-state index contributed by atoms with van der Waals surface area (Å²) in [6, 6.07) is 7.90. The molecule has 2 heterocycles. The molecule has 0 amide bonds. The standard InChI is InChI=1S/C37H63N3O6S2Si3/c1-24-30(33-39-27-19-17-18-20-29(27)47-33)32(40-34(38-24)48(10,41)42)45-28-21-25(23-44-50(13,14)35(2,3)4)31(46-51(15,16)36(5,6)7)26(28)22-37(8,9)49(11,12)43/h17-20,25-26,28,31,43H,21-23H2,1-16H3/t25-,26+,28-,31-/m1/s1. The van der Waals surface area contributed by atoms with E-state index in [1.807, 2.05) is 37.4 Å². The van der Waals surface area contributed by atoms with E-state index >= 15 is 0 Å². The highest BCUT2D eigenvalue weighted by atomic mass is 32.2. The van der Waals surface area contributed by atoms with Gasteiger partial charge in [0.1, 0.15) is 11.1 Å². The van der Waals surface area contributed by atoms with Crippen molar-refractivity contribution in [2.75, 3.05) is 12.9 Å². The van der Waals surface area contributed by atoms with E-state index in [4.69, 9.17) is 18.6 Å². The number of para-hydroxylation sites is 1. The largest absolute Gasteiger partial charge is 0.473 e. The molecule has 1 saturated carbocycles. The van der Waals surface area contributed by atoms with E-state index in [1.54, 1.807) is 6.92 Å². The van der Waals surface area contributed by atoms with Crippen LogP contribution in [-0.4, -0.2) is 78.2 Å². The summed E-state index contributed by atoms with van der Waals surface area (Å²) in [6.07, 6.45) is 1.84. The monoisotopic (exact) mass is 793 g/mol. The lowest BCUT2D eigenvalue weighted by Crippen LogP contribution is -2.50. The maximum atomic E-state index is 12.9. The first-order valence-corrected chi connectivity index (χ1v) is 29.6. The summed E-state index contributed by atoms with van der Waals surface area (Å²) < 4.78 is 48.2. The number of fused-ring (bicyclic) bond motifs is 1. The van der Waals surface area contributed by atoms with E-state index in [1.165, 1.54) is 11.3 Å². The maximum absolute atomic E-state index is 12.9. The van der Waals surface area contributed by atoms with Crippen LogP contribution in [0.3, 0.4) is 0 Å². The van der Waals surface area contributed by atoms with Crippen molar-refractivity contribution < 1.29 is 26.8 Å². The second kappa shape index (κ2) is 14.3. The fourth-order valence-corrected chi connectivity index (χ4v) is 10.7. The molecule has 14 heteroatoms. The number of aryl methyl sites for hydroxylation is 1. The van der Waals surface area contributed by atoms with Crippen LogP contribution < -0.4 is 4.74 Å². The Balaban J connectivity index is 1.91. The van der Waals surface area contributed by atoms with Crippen molar-refractivity contribution in [3.63, 3.8) is 0 Å². The molecule has 0 unspecified atom stereocenters. The highest BCUT2D eigenvalue weighted by Crippen LogP contribution is 2.52. The van der Waals surface area contributed by atoms with Gasteiger partial charge in [-0.25, -0.2) is 18.4 Å². The topological polar surface area (TPSA) is 121 Å². The number of benzene rings is 1. The van der Waals surface area contributed by atoms with Gasteiger partial charge in [0, 0.05) is 24.7 Å². The summed E-state index contributed by atoms with van der Waals surface area (Å²) in [6.45, 7) is 33.3. The number of ether oxygens (including phenoxy) is 1. The van der Waals surface area contributed by atoms with Gasteiger partial charge in [0.25, 0.3) is 0 Å². The molecule has 4 atom stereocenters. The van der Waals surface area contributed by atoms with Crippen LogP contribution in [0, 0.1) is 18.8 Å². The molecule has 0 aliphatic heterocycles. The van der Waals surface area contributed by atoms with Gasteiger partial charge in [0.2, 0.25) is 20.9 Å². The lowest BCUT2D eigenvalue weighted by atomic mass is 9.90. The fraction of sp³-hybridized carbons (Fsp3) is 0.703. The average Bonchev–Trinajstić information content (AvgIpc) is 3.50. The van der Waals surface area contributed by atoms with Crippen LogP contribution in [0.1, 0.15) is 73.9 Å². The van der Waals surface area contributed by atoms with E-state index in [2.05, 4.69) is 91.5 Å². The van der Waals surface area contributed by atoms with Crippen molar-refractivity contribution in [3.05, 3.63) is 30.0 Å². The van der Waals surface area contributed by atoms with E-state index in [0.717, 1.165) is 16.5 Å². The first-order valence-electron chi connectivity index (χ1n) is 18.1. The molecular formula is C37H63N3O6S2Si3. The van der Waals surface area contributed by atoms with E-state index in [-0.39, 0.29) is 44.1 Å². The van der Waals surface area contributed by atoms with Crippen molar-refractivity contribution >= 4 is 56.3 Å². The van der Waals surface area contributed by atoms with E-state index < -0.39 is 40.9 Å². The summed E-state index contributed by atoms with van der Waals surface area (Å²) in [5.41, 5.74) is 1.93. The molecule has 0 bridgehead atoms. The molecule has 1 N–H and O–H groups in total. The van der Waals surface area contributed by atoms with Crippen LogP contribution in [0.4, 0.5) is 0 Å². The molecule has 0 saturated heterocycles. The Kier molecular flexibility index (Phi) is 11.8. The molecule has 0 spiro atoms.